The molecule has 13 aromatic rings. The Balaban J connectivity index is 1.00. The smallest absolute Gasteiger partial charge is 0.0939 e. The van der Waals surface area contributed by atoms with Gasteiger partial charge >= 0.3 is 0 Å². The van der Waals surface area contributed by atoms with Crippen molar-refractivity contribution in [1.82, 2.24) is 19.1 Å². The lowest BCUT2D eigenvalue weighted by atomic mass is 9.55. The monoisotopic (exact) mass is 944 g/mol. The fourth-order valence-corrected chi connectivity index (χ4v) is 14.0. The highest BCUT2D eigenvalue weighted by atomic mass is 15.0. The van der Waals surface area contributed by atoms with E-state index >= 15 is 0 Å². The largest absolute Gasteiger partial charge is 0.309 e. The van der Waals surface area contributed by atoms with Crippen LogP contribution >= 0.6 is 0 Å². The first-order chi connectivity index (χ1) is 36.5. The Bertz CT molecular complexity index is 4530. The number of rotatable bonds is 2. The second-order valence-electron chi connectivity index (χ2n) is 21.2. The molecule has 1 atom stereocenters. The van der Waals surface area contributed by atoms with Crippen LogP contribution in [-0.4, -0.2) is 19.1 Å². The normalized spacial score (nSPS) is 15.8. The van der Waals surface area contributed by atoms with Crippen LogP contribution in [0.15, 0.2) is 231 Å². The number of hydrogen-bond acceptors (Lipinski definition) is 2. The van der Waals surface area contributed by atoms with Gasteiger partial charge in [0.15, 0.2) is 0 Å². The second kappa shape index (κ2) is 15.2. The van der Waals surface area contributed by atoms with Crippen LogP contribution in [-0.2, 0) is 23.7 Å². The predicted molar refractivity (Wildman–Crippen MR) is 303 cm³/mol. The van der Waals surface area contributed by atoms with E-state index in [-0.39, 0.29) is 5.41 Å². The summed E-state index contributed by atoms with van der Waals surface area (Å²) in [7, 11) is 0. The van der Waals surface area contributed by atoms with Gasteiger partial charge in [0.25, 0.3) is 0 Å². The lowest BCUT2D eigenvalue weighted by Crippen LogP contribution is -2.41. The molecule has 4 heteroatoms. The van der Waals surface area contributed by atoms with Gasteiger partial charge in [0.2, 0.25) is 0 Å². The maximum Gasteiger partial charge on any atom is 0.0939 e. The zero-order valence-electron chi connectivity index (χ0n) is 41.1. The number of para-hydroxylation sites is 3. The Morgan fingerprint density at radius 3 is 1.54 bits per heavy atom. The van der Waals surface area contributed by atoms with Crippen LogP contribution in [0, 0.1) is 0 Å². The fraction of sp³-hybridized carbons (Fsp3) is 0.0857. The maximum absolute atomic E-state index is 5.60. The number of pyridine rings is 2. The Morgan fingerprint density at radius 1 is 0.338 bits per heavy atom. The summed E-state index contributed by atoms with van der Waals surface area (Å²) in [5.74, 6) is 0. The summed E-state index contributed by atoms with van der Waals surface area (Å²) in [6.45, 7) is 4.87. The van der Waals surface area contributed by atoms with Crippen LogP contribution in [0.4, 0.5) is 0 Å². The third kappa shape index (κ3) is 5.52. The van der Waals surface area contributed by atoms with Gasteiger partial charge in [0.05, 0.1) is 50.8 Å². The quantitative estimate of drug-likeness (QED) is 0.173. The first-order valence-electron chi connectivity index (χ1n) is 26.0. The highest BCUT2D eigenvalue weighted by Gasteiger charge is 2.55. The summed E-state index contributed by atoms with van der Waals surface area (Å²) in [4.78, 5) is 10.9. The zero-order valence-corrected chi connectivity index (χ0v) is 41.1. The van der Waals surface area contributed by atoms with Gasteiger partial charge in [-0.2, -0.15) is 0 Å². The predicted octanol–water partition coefficient (Wildman–Crippen LogP) is 16.5. The van der Waals surface area contributed by atoms with Crippen LogP contribution in [0.1, 0.15) is 69.5 Å². The Morgan fingerprint density at radius 2 is 0.865 bits per heavy atom. The molecule has 0 saturated heterocycles. The molecule has 1 unspecified atom stereocenters. The third-order valence-corrected chi connectivity index (χ3v) is 17.2. The molecule has 3 aliphatic carbocycles. The number of hydrogen-bond donors (Lipinski definition) is 0. The third-order valence-electron chi connectivity index (χ3n) is 17.2. The number of fused-ring (bicyclic) bond motifs is 21. The van der Waals surface area contributed by atoms with E-state index in [0.717, 1.165) is 52.2 Å². The molecule has 74 heavy (non-hydrogen) atoms. The van der Waals surface area contributed by atoms with E-state index in [2.05, 4.69) is 248 Å². The van der Waals surface area contributed by atoms with Gasteiger partial charge in [-0.05, 0) is 140 Å². The molecular formula is C70H48N4. The molecule has 0 radical (unpaired) electrons. The van der Waals surface area contributed by atoms with Crippen molar-refractivity contribution in [3.05, 3.63) is 286 Å². The molecule has 0 bridgehead atoms. The van der Waals surface area contributed by atoms with E-state index in [0.29, 0.717) is 0 Å². The molecule has 4 heterocycles. The van der Waals surface area contributed by atoms with Crippen molar-refractivity contribution in [1.29, 1.82) is 0 Å². The van der Waals surface area contributed by atoms with Crippen molar-refractivity contribution in [2.24, 2.45) is 0 Å². The van der Waals surface area contributed by atoms with Crippen LogP contribution in [0.5, 0.6) is 0 Å². The van der Waals surface area contributed by atoms with E-state index in [1.807, 2.05) is 6.20 Å². The van der Waals surface area contributed by atoms with E-state index < -0.39 is 5.41 Å². The summed E-state index contributed by atoms with van der Waals surface area (Å²) in [5, 5.41) is 4.91. The van der Waals surface area contributed by atoms with Crippen molar-refractivity contribution in [2.75, 3.05) is 0 Å². The highest BCUT2D eigenvalue weighted by Crippen LogP contribution is 2.62. The summed E-state index contributed by atoms with van der Waals surface area (Å²) in [5.41, 5.74) is 25.7. The minimum Gasteiger partial charge on any atom is -0.309 e. The molecular weight excluding hydrogens is 897 g/mol. The van der Waals surface area contributed by atoms with Gasteiger partial charge in [0.1, 0.15) is 0 Å². The molecule has 4 aromatic heterocycles. The van der Waals surface area contributed by atoms with Gasteiger partial charge in [-0.15, -0.1) is 0 Å². The first kappa shape index (κ1) is 41.5. The van der Waals surface area contributed by atoms with Gasteiger partial charge in [-0.3, -0.25) is 9.97 Å². The molecule has 0 N–H and O–H groups in total. The highest BCUT2D eigenvalue weighted by molar-refractivity contribution is 6.19. The standard InChI is InChI=1S/C70H48N4/c1-69(2)57-29-14-15-30-58(57)70(61-40-54-46(37-60(61)69)36-45-21-7-10-25-50(45)49-24-9-6-19-43(49)35-44-20-8-11-26-51(44)54)59-31-18-34-71-67(59)68-62(70)38-48(42-72-68)74-64-33-17-13-28-53(64)56-39-55-52-27-12-16-32-63(52)73(65(55)41-66(56)74)47-22-4-3-5-23-47/h3-34,37-42H,35-36H2,1-2H3. The van der Waals surface area contributed by atoms with E-state index in [9.17, 15) is 0 Å². The second-order valence-corrected chi connectivity index (χ2v) is 21.2. The van der Waals surface area contributed by atoms with Gasteiger partial charge in [-0.1, -0.05) is 178 Å². The molecule has 0 fully saturated rings. The fourth-order valence-electron chi connectivity index (χ4n) is 14.0. The lowest BCUT2D eigenvalue weighted by Gasteiger charge is -2.47. The van der Waals surface area contributed by atoms with E-state index in [1.165, 1.54) is 105 Å². The van der Waals surface area contributed by atoms with E-state index in [4.69, 9.17) is 9.97 Å². The molecule has 9 aromatic carbocycles. The minimum atomic E-state index is -0.737. The minimum absolute atomic E-state index is 0.335. The molecule has 0 amide bonds. The molecule has 0 saturated carbocycles. The van der Waals surface area contributed by atoms with Crippen molar-refractivity contribution < 1.29 is 0 Å². The molecule has 348 valence electrons. The summed E-state index contributed by atoms with van der Waals surface area (Å²) < 4.78 is 4.89. The van der Waals surface area contributed by atoms with Crippen molar-refractivity contribution in [3.63, 3.8) is 0 Å². The van der Waals surface area contributed by atoms with Crippen LogP contribution in [0.2, 0.25) is 0 Å². The number of benzene rings is 9. The van der Waals surface area contributed by atoms with Gasteiger partial charge in [-0.25, -0.2) is 0 Å². The summed E-state index contributed by atoms with van der Waals surface area (Å²) in [6.07, 6.45) is 5.67. The number of aromatic nitrogens is 4. The summed E-state index contributed by atoms with van der Waals surface area (Å²) in [6, 6.07) is 81.9. The number of nitrogens with zero attached hydrogens (tertiary/aromatic N) is 4. The molecule has 16 rings (SSSR count). The van der Waals surface area contributed by atoms with E-state index in [1.54, 1.807) is 0 Å². The molecule has 0 aliphatic heterocycles. The Hall–Kier alpha value is -9.12. The van der Waals surface area contributed by atoms with Crippen molar-refractivity contribution in [3.8, 4) is 45.0 Å². The topological polar surface area (TPSA) is 35.6 Å². The Labute approximate surface area is 429 Å². The zero-order chi connectivity index (χ0) is 48.9. The molecule has 4 nitrogen and oxygen atoms in total. The average molecular weight is 945 g/mol. The summed E-state index contributed by atoms with van der Waals surface area (Å²) >= 11 is 0. The van der Waals surface area contributed by atoms with Gasteiger partial charge < -0.3 is 9.13 Å². The van der Waals surface area contributed by atoms with Crippen molar-refractivity contribution in [2.45, 2.75) is 37.5 Å². The van der Waals surface area contributed by atoms with Crippen LogP contribution < -0.4 is 0 Å². The van der Waals surface area contributed by atoms with Gasteiger partial charge in [0, 0.05) is 44.4 Å². The lowest BCUT2D eigenvalue weighted by molar-refractivity contribution is 0.562. The Kier molecular flexibility index (Phi) is 8.53. The first-order valence-corrected chi connectivity index (χ1v) is 26.0. The molecule has 1 spiro atoms. The molecule has 3 aliphatic rings. The van der Waals surface area contributed by atoms with Crippen molar-refractivity contribution >= 4 is 43.6 Å². The SMILES string of the molecule is CC1(C)c2ccccc2C2(c3cc4c(cc31)Cc1ccccc1-c1ccccc1Cc1ccccc1-4)c1cccnc1-c1ncc(-n3c4ccccc4c4cc5c6ccccc6n(-c6ccccc6)c5cc43)cc12. The van der Waals surface area contributed by atoms with Crippen LogP contribution in [0.3, 0.4) is 0 Å². The maximum atomic E-state index is 5.60. The van der Waals surface area contributed by atoms with Crippen LogP contribution in [0.25, 0.3) is 88.6 Å². The average Bonchev–Trinajstić information content (AvgIpc) is 4.09.